The Hall–Kier alpha value is -8.76. The summed E-state index contributed by atoms with van der Waals surface area (Å²) in [6, 6.07) is 74.4. The zero-order chi connectivity index (χ0) is 71.7. The van der Waals surface area contributed by atoms with E-state index in [1.54, 1.807) is 0 Å². The standard InChI is InChI=1S/C90H92N5.Pt/c1-85(2,3)63-44-45-91-83(55-63)95-79-37-26-25-34-76(79)78-48-61(59-30-21-19-22-31-59)40-42-75(78)77-43-41-69(57-82(77)95)94(71-52-66(88(10,11)12)50-67(53-71)89(13,14)15)72-54-68(90(16,17)18)51-70(56-72)92-58-93(81-39-28-27-38-80(81)92)84-73(60-32-23-20-24-33-60)35-29-36-74(84)62-46-64(86(4,5)6)49-65(47-62)87(7,8)9;/h19-55,58H,1-18H3;/q-3;/i20D,23D,24D,32D,33D;. The monoisotopic (exact) mass is 1440 g/mol. The molecule has 0 saturated carbocycles. The maximum absolute atomic E-state index is 9.57. The number of nitrogens with zero attached hydrogens (tertiary/aromatic N) is 5. The maximum Gasteiger partial charge on any atom is 0.135 e. The normalized spacial score (nSPS) is 14.1. The summed E-state index contributed by atoms with van der Waals surface area (Å²) in [6.45, 7) is 42.8. The molecule has 3 heterocycles. The molecule has 96 heavy (non-hydrogen) atoms. The van der Waals surface area contributed by atoms with Crippen molar-refractivity contribution in [3.8, 4) is 55.6 Å². The number of benzene rings is 10. The van der Waals surface area contributed by atoms with Crippen molar-refractivity contribution in [2.45, 2.75) is 157 Å². The number of hydrogen-bond donors (Lipinski definition) is 0. The summed E-state index contributed by atoms with van der Waals surface area (Å²) in [5, 5.41) is 0. The van der Waals surface area contributed by atoms with Gasteiger partial charge in [0, 0.05) is 66.7 Å². The average Bonchev–Trinajstić information content (AvgIpc) is 1.69. The fourth-order valence-corrected chi connectivity index (χ4v) is 13.1. The van der Waals surface area contributed by atoms with Crippen molar-refractivity contribution in [3.05, 3.63) is 277 Å². The number of fused-ring (bicyclic) bond motifs is 6. The summed E-state index contributed by atoms with van der Waals surface area (Å²) in [6.07, 6.45) is 1.94. The quantitative estimate of drug-likeness (QED) is 0.134. The molecule has 13 rings (SSSR count). The van der Waals surface area contributed by atoms with Crippen LogP contribution in [0.25, 0.3) is 55.6 Å². The molecule has 0 unspecified atom stereocenters. The Balaban J connectivity index is 0.00000965. The molecule has 11 aromatic rings. The van der Waals surface area contributed by atoms with E-state index < -0.39 is 18.1 Å². The third kappa shape index (κ3) is 13.1. The van der Waals surface area contributed by atoms with Gasteiger partial charge in [-0.25, -0.2) is 4.98 Å². The van der Waals surface area contributed by atoms with Gasteiger partial charge in [0.1, 0.15) is 5.82 Å². The van der Waals surface area contributed by atoms with Crippen LogP contribution in [0.2, 0.25) is 0 Å². The van der Waals surface area contributed by atoms with Gasteiger partial charge in [-0.15, -0.1) is 53.8 Å². The van der Waals surface area contributed by atoms with E-state index in [0.29, 0.717) is 11.3 Å². The summed E-state index contributed by atoms with van der Waals surface area (Å²) in [5.74, 6) is 0.783. The van der Waals surface area contributed by atoms with Crippen LogP contribution < -0.4 is 19.6 Å². The number of hydrogen-bond acceptors (Lipinski definition) is 5. The molecular formula is C90H92N5Pt-3. The Morgan fingerprint density at radius 3 is 1.50 bits per heavy atom. The molecule has 490 valence electrons. The molecule has 0 fully saturated rings. The molecule has 0 amide bonds. The van der Waals surface area contributed by atoms with Gasteiger partial charge in [0.25, 0.3) is 0 Å². The van der Waals surface area contributed by atoms with E-state index in [2.05, 4.69) is 333 Å². The molecule has 2 aliphatic rings. The molecule has 10 aromatic carbocycles. The summed E-state index contributed by atoms with van der Waals surface area (Å²) in [7, 11) is 0. The van der Waals surface area contributed by atoms with Crippen LogP contribution in [0.5, 0.6) is 0 Å². The van der Waals surface area contributed by atoms with E-state index in [4.69, 9.17) is 9.10 Å². The van der Waals surface area contributed by atoms with Gasteiger partial charge in [-0.3, -0.25) is 0 Å². The number of rotatable bonds is 9. The number of anilines is 10. The van der Waals surface area contributed by atoms with Gasteiger partial charge >= 0.3 is 0 Å². The van der Waals surface area contributed by atoms with E-state index >= 15 is 0 Å². The minimum absolute atomic E-state index is 0. The minimum atomic E-state index is -0.440. The molecule has 0 atom stereocenters. The van der Waals surface area contributed by atoms with Gasteiger partial charge in [0.05, 0.1) is 12.5 Å². The van der Waals surface area contributed by atoms with Crippen molar-refractivity contribution >= 4 is 57.0 Å². The predicted molar refractivity (Wildman–Crippen MR) is 406 cm³/mol. The van der Waals surface area contributed by atoms with Crippen LogP contribution in [-0.4, -0.2) is 4.98 Å². The van der Waals surface area contributed by atoms with Gasteiger partial charge in [-0.2, -0.15) is 6.07 Å². The van der Waals surface area contributed by atoms with Gasteiger partial charge in [0.2, 0.25) is 0 Å². The molecule has 0 N–H and O–H groups in total. The molecule has 0 bridgehead atoms. The fraction of sp³-hybridized carbons (Fsp3) is 0.267. The van der Waals surface area contributed by atoms with Crippen molar-refractivity contribution < 1.29 is 27.9 Å². The van der Waals surface area contributed by atoms with E-state index in [9.17, 15) is 2.74 Å². The second-order valence-electron chi connectivity index (χ2n) is 32.1. The molecule has 1 aromatic heterocycles. The van der Waals surface area contributed by atoms with Crippen LogP contribution in [0, 0.1) is 18.8 Å². The summed E-state index contributed by atoms with van der Waals surface area (Å²) in [5.41, 5.74) is 22.0. The summed E-state index contributed by atoms with van der Waals surface area (Å²) in [4.78, 5) is 14.3. The first-order valence-corrected chi connectivity index (χ1v) is 33.5. The Labute approximate surface area is 595 Å². The van der Waals surface area contributed by atoms with E-state index in [1.165, 1.54) is 11.1 Å². The molecule has 6 heteroatoms. The van der Waals surface area contributed by atoms with E-state index in [-0.39, 0.29) is 71.2 Å². The molecule has 2 aliphatic heterocycles. The average molecular weight is 1440 g/mol. The van der Waals surface area contributed by atoms with E-state index in [1.807, 2.05) is 24.4 Å². The van der Waals surface area contributed by atoms with Crippen molar-refractivity contribution in [1.29, 1.82) is 0 Å². The van der Waals surface area contributed by atoms with Crippen LogP contribution in [0.1, 0.15) is 165 Å². The van der Waals surface area contributed by atoms with Crippen molar-refractivity contribution in [2.24, 2.45) is 0 Å². The zero-order valence-corrected chi connectivity index (χ0v) is 61.4. The third-order valence-electron chi connectivity index (χ3n) is 18.8. The largest absolute Gasteiger partial charge is 0.493 e. The van der Waals surface area contributed by atoms with Crippen molar-refractivity contribution in [3.63, 3.8) is 0 Å². The predicted octanol–water partition coefficient (Wildman–Crippen LogP) is 25.5. The second-order valence-corrected chi connectivity index (χ2v) is 32.1. The first-order valence-electron chi connectivity index (χ1n) is 36.0. The van der Waals surface area contributed by atoms with Gasteiger partial charge in [-0.1, -0.05) is 293 Å². The number of pyridine rings is 1. The summed E-state index contributed by atoms with van der Waals surface area (Å²) < 4.78 is 46.0. The Morgan fingerprint density at radius 1 is 0.375 bits per heavy atom. The fourth-order valence-electron chi connectivity index (χ4n) is 13.1. The zero-order valence-electron chi connectivity index (χ0n) is 64.1. The van der Waals surface area contributed by atoms with Gasteiger partial charge in [0.15, 0.2) is 0 Å². The Bertz CT molecular complexity index is 4940. The Morgan fingerprint density at radius 2 is 0.896 bits per heavy atom. The van der Waals surface area contributed by atoms with Crippen LogP contribution in [0.3, 0.4) is 0 Å². The molecule has 0 spiro atoms. The summed E-state index contributed by atoms with van der Waals surface area (Å²) >= 11 is 0. The molecule has 0 aliphatic carbocycles. The van der Waals surface area contributed by atoms with Crippen molar-refractivity contribution in [2.75, 3.05) is 19.6 Å². The smallest absolute Gasteiger partial charge is 0.135 e. The van der Waals surface area contributed by atoms with Crippen LogP contribution in [0.15, 0.2) is 224 Å². The SMILES string of the molecule is [2H]c1c([2H])c([2H])c(-c2cccc(-c3cc(C(C)(C)C)cc(C(C)(C)C)c3)c2N2[CH-]N(c3[c-]c(N(c4[c-]c5c(cc4)-c4ccc(-c6ccccc6)cc4-c4ccccc4N5c4cc(C(C)(C)C)ccn4)c4cc(C(C)(C)C)cc(C(C)(C)C)c4)cc(C(C)(C)C)c3)c3ccccc32)c([2H])c1[2H].[Pt]. The van der Waals surface area contributed by atoms with Gasteiger partial charge in [-0.05, 0) is 137 Å². The van der Waals surface area contributed by atoms with Crippen molar-refractivity contribution in [1.82, 2.24) is 4.98 Å². The molecule has 5 nitrogen and oxygen atoms in total. The third-order valence-corrected chi connectivity index (χ3v) is 18.8. The maximum atomic E-state index is 9.57. The van der Waals surface area contributed by atoms with Crippen LogP contribution in [-0.2, 0) is 53.6 Å². The molecular weight excluding hydrogens is 1350 g/mol. The first-order chi connectivity index (χ1) is 46.9. The number of para-hydroxylation sites is 4. The molecule has 0 radical (unpaired) electrons. The van der Waals surface area contributed by atoms with Crippen LogP contribution >= 0.6 is 0 Å². The molecule has 0 saturated heterocycles. The minimum Gasteiger partial charge on any atom is -0.493 e. The van der Waals surface area contributed by atoms with Crippen LogP contribution in [0.4, 0.5) is 57.0 Å². The van der Waals surface area contributed by atoms with Gasteiger partial charge < -0.3 is 19.6 Å². The van der Waals surface area contributed by atoms with E-state index in [0.717, 1.165) is 118 Å². The number of aromatic nitrogens is 1. The Kier molecular flexibility index (Phi) is 15.9. The topological polar surface area (TPSA) is 25.9 Å². The first kappa shape index (κ1) is 60.9. The second kappa shape index (κ2) is 25.0.